The topological polar surface area (TPSA) is 62.1 Å². The van der Waals surface area contributed by atoms with Gasteiger partial charge in [0, 0.05) is 11.4 Å². The number of nitrogens with one attached hydrogen (secondary N) is 1. The number of nitrogens with zero attached hydrogens (tertiary/aromatic N) is 1. The van der Waals surface area contributed by atoms with Gasteiger partial charge in [-0.2, -0.15) is 5.26 Å². The van der Waals surface area contributed by atoms with Crippen LogP contribution in [0.15, 0.2) is 46.9 Å². The molecule has 0 bridgehead atoms. The van der Waals surface area contributed by atoms with Gasteiger partial charge in [-0.1, -0.05) is 28.1 Å². The van der Waals surface area contributed by atoms with E-state index in [0.717, 1.165) is 4.47 Å². The molecule has 0 fully saturated rings. The van der Waals surface area contributed by atoms with E-state index in [1.165, 1.54) is 6.92 Å². The molecule has 2 rings (SSSR count). The van der Waals surface area contributed by atoms with Crippen molar-refractivity contribution in [1.82, 2.24) is 0 Å². The van der Waals surface area contributed by atoms with E-state index < -0.39 is 0 Å². The van der Waals surface area contributed by atoms with E-state index in [1.54, 1.807) is 42.5 Å². The molecule has 0 spiro atoms. The van der Waals surface area contributed by atoms with Crippen molar-refractivity contribution in [3.63, 3.8) is 0 Å². The van der Waals surface area contributed by atoms with Gasteiger partial charge >= 0.3 is 0 Å². The molecule has 100 valence electrons. The Bertz CT molecular complexity index is 693. The smallest absolute Gasteiger partial charge is 0.221 e. The van der Waals surface area contributed by atoms with Gasteiger partial charge in [-0.25, -0.2) is 0 Å². The first-order valence-electron chi connectivity index (χ1n) is 5.84. The monoisotopic (exact) mass is 330 g/mol. The number of hydrogen-bond donors (Lipinski definition) is 1. The maximum Gasteiger partial charge on any atom is 0.221 e. The predicted octanol–water partition coefficient (Wildman–Crippen LogP) is 4.07. The maximum atomic E-state index is 11.2. The van der Waals surface area contributed by atoms with Crippen LogP contribution in [0, 0.1) is 11.3 Å². The van der Waals surface area contributed by atoms with Crippen LogP contribution in [0.3, 0.4) is 0 Å². The van der Waals surface area contributed by atoms with Crippen molar-refractivity contribution in [2.45, 2.75) is 6.92 Å². The zero-order chi connectivity index (χ0) is 14.5. The van der Waals surface area contributed by atoms with Crippen molar-refractivity contribution in [2.24, 2.45) is 0 Å². The first kappa shape index (κ1) is 14.1. The van der Waals surface area contributed by atoms with Crippen molar-refractivity contribution in [3.05, 3.63) is 52.5 Å². The number of benzene rings is 2. The van der Waals surface area contributed by atoms with Crippen molar-refractivity contribution < 1.29 is 9.53 Å². The molecule has 20 heavy (non-hydrogen) atoms. The third-order valence-corrected chi connectivity index (χ3v) is 2.97. The molecule has 0 heterocycles. The van der Waals surface area contributed by atoms with E-state index in [9.17, 15) is 4.79 Å². The Morgan fingerprint density at radius 1 is 1.25 bits per heavy atom. The highest BCUT2D eigenvalue weighted by Crippen LogP contribution is 2.32. The second-order valence-corrected chi connectivity index (χ2v) is 4.95. The summed E-state index contributed by atoms with van der Waals surface area (Å²) in [6, 6.07) is 14.3. The minimum absolute atomic E-state index is 0.183. The van der Waals surface area contributed by atoms with Crippen LogP contribution in [0.5, 0.6) is 11.5 Å². The number of rotatable bonds is 3. The van der Waals surface area contributed by atoms with E-state index in [4.69, 9.17) is 10.00 Å². The summed E-state index contributed by atoms with van der Waals surface area (Å²) in [5.41, 5.74) is 0.976. The molecule has 0 atom stereocenters. The average Bonchev–Trinajstić information content (AvgIpc) is 2.42. The molecule has 0 aliphatic heterocycles. The fourth-order valence-corrected chi connectivity index (χ4v) is 2.01. The lowest BCUT2D eigenvalue weighted by Crippen LogP contribution is -2.06. The molecule has 0 aromatic heterocycles. The average molecular weight is 331 g/mol. The highest BCUT2D eigenvalue weighted by molar-refractivity contribution is 9.10. The van der Waals surface area contributed by atoms with E-state index >= 15 is 0 Å². The summed E-state index contributed by atoms with van der Waals surface area (Å²) in [5, 5.41) is 11.8. The van der Waals surface area contributed by atoms with Crippen molar-refractivity contribution in [1.29, 1.82) is 5.26 Å². The SMILES string of the molecule is CC(=O)Nc1ccccc1Oc1ccc(Br)cc1C#N. The minimum atomic E-state index is -0.183. The molecule has 0 saturated heterocycles. The summed E-state index contributed by atoms with van der Waals surface area (Å²) in [4.78, 5) is 11.2. The zero-order valence-corrected chi connectivity index (χ0v) is 12.3. The standard InChI is InChI=1S/C15H11BrN2O2/c1-10(19)18-13-4-2-3-5-15(13)20-14-7-6-12(16)8-11(14)9-17/h2-8H,1H3,(H,18,19). The molecule has 4 nitrogen and oxygen atoms in total. The Hall–Kier alpha value is -2.32. The molecular formula is C15H11BrN2O2. The van der Waals surface area contributed by atoms with Gasteiger partial charge in [-0.3, -0.25) is 4.79 Å². The Balaban J connectivity index is 2.36. The number of ether oxygens (including phenoxy) is 1. The number of nitriles is 1. The van der Waals surface area contributed by atoms with Crippen molar-refractivity contribution >= 4 is 27.5 Å². The predicted molar refractivity (Wildman–Crippen MR) is 79.7 cm³/mol. The molecule has 0 saturated carbocycles. The fraction of sp³-hybridized carbons (Fsp3) is 0.0667. The van der Waals surface area contributed by atoms with Crippen molar-refractivity contribution in [2.75, 3.05) is 5.32 Å². The summed E-state index contributed by atoms with van der Waals surface area (Å²) in [7, 11) is 0. The fourth-order valence-electron chi connectivity index (χ4n) is 1.65. The Morgan fingerprint density at radius 2 is 2.00 bits per heavy atom. The van der Waals surface area contributed by atoms with E-state index in [2.05, 4.69) is 27.3 Å². The van der Waals surface area contributed by atoms with Crippen LogP contribution < -0.4 is 10.1 Å². The van der Waals surface area contributed by atoms with Crippen molar-refractivity contribution in [3.8, 4) is 17.6 Å². The van der Waals surface area contributed by atoms with Crippen LogP contribution >= 0.6 is 15.9 Å². The summed E-state index contributed by atoms with van der Waals surface area (Å²) >= 11 is 3.31. The number of halogens is 1. The van der Waals surface area contributed by atoms with Gasteiger partial charge in [0.15, 0.2) is 5.75 Å². The molecule has 0 aliphatic carbocycles. The molecular weight excluding hydrogens is 320 g/mol. The van der Waals surface area contributed by atoms with Gasteiger partial charge in [0.1, 0.15) is 11.8 Å². The Morgan fingerprint density at radius 3 is 2.70 bits per heavy atom. The van der Waals surface area contributed by atoms with E-state index in [-0.39, 0.29) is 5.91 Å². The van der Waals surface area contributed by atoms with Crippen LogP contribution in [-0.4, -0.2) is 5.91 Å². The summed E-state index contributed by atoms with van der Waals surface area (Å²) in [6.45, 7) is 1.43. The lowest BCUT2D eigenvalue weighted by atomic mass is 10.2. The maximum absolute atomic E-state index is 11.2. The normalized spacial score (nSPS) is 9.65. The molecule has 2 aromatic carbocycles. The minimum Gasteiger partial charge on any atom is -0.454 e. The number of para-hydroxylation sites is 2. The summed E-state index contributed by atoms with van der Waals surface area (Å²) in [5.74, 6) is 0.743. The Kier molecular flexibility index (Phi) is 4.38. The zero-order valence-electron chi connectivity index (χ0n) is 10.7. The van der Waals surface area contributed by atoms with Gasteiger partial charge in [0.05, 0.1) is 11.3 Å². The summed E-state index contributed by atoms with van der Waals surface area (Å²) in [6.07, 6.45) is 0. The van der Waals surface area contributed by atoms with Crippen LogP contribution in [0.2, 0.25) is 0 Å². The molecule has 2 aromatic rings. The molecule has 0 aliphatic rings. The second-order valence-electron chi connectivity index (χ2n) is 4.03. The van der Waals surface area contributed by atoms with Crippen LogP contribution in [0.25, 0.3) is 0 Å². The number of carbonyl (C=O) groups is 1. The van der Waals surface area contributed by atoms with Gasteiger partial charge < -0.3 is 10.1 Å². The van der Waals surface area contributed by atoms with Crippen LogP contribution in [0.1, 0.15) is 12.5 Å². The molecule has 0 radical (unpaired) electrons. The first-order chi connectivity index (χ1) is 9.60. The van der Waals surface area contributed by atoms with Crippen LogP contribution in [0.4, 0.5) is 5.69 Å². The van der Waals surface area contributed by atoms with E-state index in [1.807, 2.05) is 0 Å². The van der Waals surface area contributed by atoms with Gasteiger partial charge in [0.2, 0.25) is 5.91 Å². The quantitative estimate of drug-likeness (QED) is 0.922. The number of amides is 1. The highest BCUT2D eigenvalue weighted by Gasteiger charge is 2.09. The molecule has 0 unspecified atom stereocenters. The lowest BCUT2D eigenvalue weighted by Gasteiger charge is -2.12. The third-order valence-electron chi connectivity index (χ3n) is 2.48. The molecule has 1 N–H and O–H groups in total. The van der Waals surface area contributed by atoms with Gasteiger partial charge in [-0.15, -0.1) is 0 Å². The molecule has 5 heteroatoms. The van der Waals surface area contributed by atoms with Gasteiger partial charge in [0.25, 0.3) is 0 Å². The first-order valence-corrected chi connectivity index (χ1v) is 6.63. The number of anilines is 1. The van der Waals surface area contributed by atoms with Crippen LogP contribution in [-0.2, 0) is 4.79 Å². The van der Waals surface area contributed by atoms with E-state index in [0.29, 0.717) is 22.7 Å². The second kappa shape index (κ2) is 6.22. The third kappa shape index (κ3) is 3.37. The lowest BCUT2D eigenvalue weighted by molar-refractivity contribution is -0.114. The number of carbonyl (C=O) groups excluding carboxylic acids is 1. The number of hydrogen-bond acceptors (Lipinski definition) is 3. The van der Waals surface area contributed by atoms with Gasteiger partial charge in [-0.05, 0) is 30.3 Å². The molecule has 1 amide bonds. The Labute approximate surface area is 125 Å². The highest BCUT2D eigenvalue weighted by atomic mass is 79.9. The largest absolute Gasteiger partial charge is 0.454 e. The summed E-state index contributed by atoms with van der Waals surface area (Å²) < 4.78 is 6.53.